The van der Waals surface area contributed by atoms with Gasteiger partial charge in [-0.05, 0) is 12.5 Å². The van der Waals surface area contributed by atoms with Crippen molar-refractivity contribution in [1.29, 1.82) is 0 Å². The summed E-state index contributed by atoms with van der Waals surface area (Å²) in [6, 6.07) is 8.83. The first-order chi connectivity index (χ1) is 10.2. The topological polar surface area (TPSA) is 96.7 Å². The van der Waals surface area contributed by atoms with Gasteiger partial charge >= 0.3 is 0 Å². The van der Waals surface area contributed by atoms with Crippen LogP contribution in [0.3, 0.4) is 0 Å². The van der Waals surface area contributed by atoms with Crippen molar-refractivity contribution in [3.8, 4) is 0 Å². The van der Waals surface area contributed by atoms with E-state index in [9.17, 15) is 5.11 Å². The minimum absolute atomic E-state index is 0.328. The molecule has 0 saturated carbocycles. The largest absolute Gasteiger partial charge is 0.390 e. The Morgan fingerprint density at radius 3 is 2.76 bits per heavy atom. The van der Waals surface area contributed by atoms with Crippen LogP contribution >= 0.6 is 0 Å². The fourth-order valence-electron chi connectivity index (χ4n) is 2.80. The zero-order valence-electron chi connectivity index (χ0n) is 11.6. The molecule has 2 heterocycles. The number of aliphatic hydroxyl groups excluding tert-OH is 1. The van der Waals surface area contributed by atoms with Gasteiger partial charge in [0.1, 0.15) is 12.2 Å². The number of fused-ring (bicyclic) bond motifs is 1. The predicted molar refractivity (Wildman–Crippen MR) is 73.3 cm³/mol. The molecule has 2 aliphatic heterocycles. The number of azide groups is 1. The molecule has 3 unspecified atom stereocenters. The molecule has 0 bridgehead atoms. The zero-order valence-corrected chi connectivity index (χ0v) is 11.6. The molecule has 0 radical (unpaired) electrons. The molecule has 1 aromatic carbocycles. The van der Waals surface area contributed by atoms with Crippen molar-refractivity contribution < 1.29 is 19.3 Å². The third-order valence-electron chi connectivity index (χ3n) is 3.87. The average Bonchev–Trinajstić information content (AvgIpc) is 2.52. The number of hydrogen-bond donors (Lipinski definition) is 1. The van der Waals surface area contributed by atoms with Gasteiger partial charge < -0.3 is 19.3 Å². The van der Waals surface area contributed by atoms with Crippen molar-refractivity contribution in [2.24, 2.45) is 5.11 Å². The maximum absolute atomic E-state index is 10.4. The lowest BCUT2D eigenvalue weighted by Crippen LogP contribution is -2.60. The molecule has 0 amide bonds. The maximum Gasteiger partial charge on any atom is 0.184 e. The van der Waals surface area contributed by atoms with Crippen molar-refractivity contribution in [2.75, 3.05) is 6.61 Å². The summed E-state index contributed by atoms with van der Waals surface area (Å²) < 4.78 is 17.2. The van der Waals surface area contributed by atoms with Crippen molar-refractivity contribution >= 4 is 0 Å². The molecular weight excluding hydrogens is 274 g/mol. The monoisotopic (exact) mass is 291 g/mol. The lowest BCUT2D eigenvalue weighted by atomic mass is 9.93. The second kappa shape index (κ2) is 6.01. The summed E-state index contributed by atoms with van der Waals surface area (Å²) in [4.78, 5) is 2.77. The van der Waals surface area contributed by atoms with E-state index in [1.807, 2.05) is 30.3 Å². The third-order valence-corrected chi connectivity index (χ3v) is 3.87. The van der Waals surface area contributed by atoms with Gasteiger partial charge in [-0.1, -0.05) is 35.4 Å². The number of hydrogen-bond acceptors (Lipinski definition) is 5. The molecule has 112 valence electrons. The zero-order chi connectivity index (χ0) is 14.8. The van der Waals surface area contributed by atoms with Gasteiger partial charge in [-0.3, -0.25) is 0 Å². The SMILES string of the molecule is C[C@@H]1OC2COC(c3ccccc3)O[C@@H]2[C@H](O)C1N=[N+]=[N-]. The van der Waals surface area contributed by atoms with Gasteiger partial charge in [0, 0.05) is 10.5 Å². The Balaban J connectivity index is 1.78. The highest BCUT2D eigenvalue weighted by Gasteiger charge is 2.47. The number of aliphatic hydroxyl groups is 1. The number of nitrogens with zero attached hydrogens (tertiary/aromatic N) is 3. The molecule has 1 N–H and O–H groups in total. The molecule has 1 aromatic rings. The molecule has 0 spiro atoms. The Bertz CT molecular complexity index is 534. The summed E-state index contributed by atoms with van der Waals surface area (Å²) in [6.45, 7) is 2.09. The Labute approximate surface area is 122 Å². The van der Waals surface area contributed by atoms with Crippen LogP contribution in [0.25, 0.3) is 10.4 Å². The highest BCUT2D eigenvalue weighted by atomic mass is 16.7. The molecule has 3 rings (SSSR count). The molecule has 2 saturated heterocycles. The van der Waals surface area contributed by atoms with E-state index >= 15 is 0 Å². The van der Waals surface area contributed by atoms with E-state index in [-0.39, 0.29) is 12.2 Å². The molecular formula is C14H17N3O4. The lowest BCUT2D eigenvalue weighted by Gasteiger charge is -2.46. The standard InChI is InChI=1S/C14H17N3O4/c1-8-11(16-17-15)12(18)13-10(20-8)7-19-14(21-13)9-5-3-2-4-6-9/h2-6,8,10-14,18H,7H2,1H3/t8-,10?,11?,12+,13-,14?/m0/s1. The van der Waals surface area contributed by atoms with Crippen LogP contribution in [-0.2, 0) is 14.2 Å². The van der Waals surface area contributed by atoms with E-state index < -0.39 is 24.5 Å². The van der Waals surface area contributed by atoms with Crippen LogP contribution in [0, 0.1) is 0 Å². The minimum atomic E-state index is -0.912. The second-order valence-electron chi connectivity index (χ2n) is 5.24. The number of rotatable bonds is 2. The van der Waals surface area contributed by atoms with Gasteiger partial charge in [-0.15, -0.1) is 0 Å². The van der Waals surface area contributed by atoms with Gasteiger partial charge in [0.2, 0.25) is 0 Å². The molecule has 2 fully saturated rings. The molecule has 6 atom stereocenters. The van der Waals surface area contributed by atoms with Crippen LogP contribution in [0.4, 0.5) is 0 Å². The van der Waals surface area contributed by atoms with Gasteiger partial charge in [0.15, 0.2) is 6.29 Å². The summed E-state index contributed by atoms with van der Waals surface area (Å²) in [6.07, 6.45) is -2.77. The Hall–Kier alpha value is -1.63. The Kier molecular flexibility index (Phi) is 4.10. The van der Waals surface area contributed by atoms with E-state index in [4.69, 9.17) is 19.7 Å². The van der Waals surface area contributed by atoms with Gasteiger partial charge in [0.25, 0.3) is 0 Å². The first-order valence-corrected chi connectivity index (χ1v) is 6.90. The summed E-state index contributed by atoms with van der Waals surface area (Å²) >= 11 is 0. The van der Waals surface area contributed by atoms with Crippen LogP contribution in [0.2, 0.25) is 0 Å². The molecule has 2 aliphatic rings. The Morgan fingerprint density at radius 2 is 2.05 bits per heavy atom. The van der Waals surface area contributed by atoms with Crippen LogP contribution in [-0.4, -0.2) is 42.2 Å². The summed E-state index contributed by atoms with van der Waals surface area (Å²) in [5.74, 6) is 0. The molecule has 7 nitrogen and oxygen atoms in total. The van der Waals surface area contributed by atoms with Crippen molar-refractivity contribution in [3.05, 3.63) is 46.3 Å². The summed E-state index contributed by atoms with van der Waals surface area (Å²) in [7, 11) is 0. The molecule has 0 aromatic heterocycles. The highest BCUT2D eigenvalue weighted by Crippen LogP contribution is 2.34. The van der Waals surface area contributed by atoms with Crippen LogP contribution < -0.4 is 0 Å². The van der Waals surface area contributed by atoms with E-state index in [1.54, 1.807) is 6.92 Å². The fraction of sp³-hybridized carbons (Fsp3) is 0.571. The molecule has 7 heteroatoms. The van der Waals surface area contributed by atoms with Gasteiger partial charge in [-0.25, -0.2) is 0 Å². The second-order valence-corrected chi connectivity index (χ2v) is 5.24. The Morgan fingerprint density at radius 1 is 1.29 bits per heavy atom. The van der Waals surface area contributed by atoms with Crippen LogP contribution in [0.15, 0.2) is 35.4 Å². The maximum atomic E-state index is 10.4. The lowest BCUT2D eigenvalue weighted by molar-refractivity contribution is -0.311. The first-order valence-electron chi connectivity index (χ1n) is 6.90. The minimum Gasteiger partial charge on any atom is -0.390 e. The molecule has 21 heavy (non-hydrogen) atoms. The summed E-state index contributed by atoms with van der Waals surface area (Å²) in [5, 5.41) is 14.0. The first kappa shape index (κ1) is 14.3. The normalized spacial score (nSPS) is 39.1. The predicted octanol–water partition coefficient (Wildman–Crippen LogP) is 1.93. The summed E-state index contributed by atoms with van der Waals surface area (Å²) in [5.41, 5.74) is 9.48. The van der Waals surface area contributed by atoms with Gasteiger partial charge in [0.05, 0.1) is 24.9 Å². The van der Waals surface area contributed by atoms with E-state index in [0.717, 1.165) is 5.56 Å². The third kappa shape index (κ3) is 2.74. The van der Waals surface area contributed by atoms with E-state index in [2.05, 4.69) is 10.0 Å². The average molecular weight is 291 g/mol. The highest BCUT2D eigenvalue weighted by molar-refractivity contribution is 5.16. The van der Waals surface area contributed by atoms with Crippen LogP contribution in [0.5, 0.6) is 0 Å². The van der Waals surface area contributed by atoms with E-state index in [1.165, 1.54) is 0 Å². The van der Waals surface area contributed by atoms with Crippen molar-refractivity contribution in [2.45, 2.75) is 43.7 Å². The molecule has 0 aliphatic carbocycles. The van der Waals surface area contributed by atoms with Crippen LogP contribution in [0.1, 0.15) is 18.8 Å². The quantitative estimate of drug-likeness (QED) is 0.511. The van der Waals surface area contributed by atoms with Crippen molar-refractivity contribution in [1.82, 2.24) is 0 Å². The van der Waals surface area contributed by atoms with Crippen molar-refractivity contribution in [3.63, 3.8) is 0 Å². The smallest absolute Gasteiger partial charge is 0.184 e. The number of ether oxygens (including phenoxy) is 3. The fourth-order valence-corrected chi connectivity index (χ4v) is 2.80. The number of benzene rings is 1. The van der Waals surface area contributed by atoms with Gasteiger partial charge in [-0.2, -0.15) is 0 Å². The van der Waals surface area contributed by atoms with E-state index in [0.29, 0.717) is 6.61 Å².